The molecular weight excluding hydrogens is 215 g/mol. The standard InChI is InChI=1S/C10H19O4P/c1-4-13-15(11,14-5-2)10-7-6-8-12-9(10)3/h7,9H,4-6,8H2,1-3H3. The molecule has 0 spiro atoms. The van der Waals surface area contributed by atoms with E-state index in [2.05, 4.69) is 0 Å². The molecule has 0 fully saturated rings. The summed E-state index contributed by atoms with van der Waals surface area (Å²) in [5.41, 5.74) is 0. The van der Waals surface area contributed by atoms with Crippen molar-refractivity contribution < 1.29 is 18.3 Å². The van der Waals surface area contributed by atoms with E-state index in [-0.39, 0.29) is 6.10 Å². The van der Waals surface area contributed by atoms with E-state index in [0.29, 0.717) is 25.1 Å². The second kappa shape index (κ2) is 5.80. The first-order chi connectivity index (χ1) is 7.14. The van der Waals surface area contributed by atoms with Crippen molar-refractivity contribution in [2.75, 3.05) is 19.8 Å². The summed E-state index contributed by atoms with van der Waals surface area (Å²) in [7, 11) is -3.11. The molecule has 5 heteroatoms. The molecule has 1 heterocycles. The fourth-order valence-electron chi connectivity index (χ4n) is 1.56. The van der Waals surface area contributed by atoms with E-state index < -0.39 is 7.60 Å². The SMILES string of the molecule is CCOP(=O)(OCC)C1=CCCOC1C. The van der Waals surface area contributed by atoms with Gasteiger partial charge in [-0.25, -0.2) is 0 Å². The van der Waals surface area contributed by atoms with Gasteiger partial charge in [0.2, 0.25) is 0 Å². The van der Waals surface area contributed by atoms with Crippen LogP contribution in [0.3, 0.4) is 0 Å². The Morgan fingerprint density at radius 1 is 1.47 bits per heavy atom. The highest BCUT2D eigenvalue weighted by Gasteiger charge is 2.34. The highest BCUT2D eigenvalue weighted by molar-refractivity contribution is 7.58. The van der Waals surface area contributed by atoms with Crippen molar-refractivity contribution in [3.8, 4) is 0 Å². The Morgan fingerprint density at radius 3 is 2.53 bits per heavy atom. The van der Waals surface area contributed by atoms with Gasteiger partial charge in [0.15, 0.2) is 0 Å². The fraction of sp³-hybridized carbons (Fsp3) is 0.800. The van der Waals surface area contributed by atoms with Crippen molar-refractivity contribution in [1.82, 2.24) is 0 Å². The third-order valence-electron chi connectivity index (χ3n) is 2.17. The zero-order chi connectivity index (χ0) is 11.3. The van der Waals surface area contributed by atoms with Gasteiger partial charge in [-0.2, -0.15) is 0 Å². The predicted molar refractivity (Wildman–Crippen MR) is 59.0 cm³/mol. The Balaban J connectivity index is 2.87. The Hall–Kier alpha value is -0.150. The van der Waals surface area contributed by atoms with E-state index in [9.17, 15) is 4.57 Å². The van der Waals surface area contributed by atoms with E-state index in [1.807, 2.05) is 13.0 Å². The molecule has 15 heavy (non-hydrogen) atoms. The minimum absolute atomic E-state index is 0.178. The molecule has 0 saturated carbocycles. The number of ether oxygens (including phenoxy) is 1. The van der Waals surface area contributed by atoms with Gasteiger partial charge in [0, 0.05) is 0 Å². The van der Waals surface area contributed by atoms with Crippen molar-refractivity contribution in [3.63, 3.8) is 0 Å². The van der Waals surface area contributed by atoms with Gasteiger partial charge < -0.3 is 13.8 Å². The zero-order valence-corrected chi connectivity index (χ0v) is 10.5. The second-order valence-electron chi connectivity index (χ2n) is 3.26. The van der Waals surface area contributed by atoms with Gasteiger partial charge in [-0.3, -0.25) is 4.57 Å². The normalized spacial score (nSPS) is 22.6. The summed E-state index contributed by atoms with van der Waals surface area (Å²) in [6.07, 6.45) is 2.51. The lowest BCUT2D eigenvalue weighted by molar-refractivity contribution is 0.0837. The first-order valence-corrected chi connectivity index (χ1v) is 6.89. The molecule has 0 amide bonds. The minimum Gasteiger partial charge on any atom is -0.373 e. The van der Waals surface area contributed by atoms with Crippen LogP contribution in [0, 0.1) is 0 Å². The van der Waals surface area contributed by atoms with E-state index in [1.54, 1.807) is 13.8 Å². The van der Waals surface area contributed by atoms with Crippen molar-refractivity contribution in [2.24, 2.45) is 0 Å². The van der Waals surface area contributed by atoms with Crippen LogP contribution in [0.2, 0.25) is 0 Å². The molecule has 0 saturated heterocycles. The zero-order valence-electron chi connectivity index (χ0n) is 9.56. The van der Waals surface area contributed by atoms with Crippen LogP contribution in [0.4, 0.5) is 0 Å². The molecular formula is C10H19O4P. The molecule has 0 aromatic heterocycles. The number of hydrogen-bond acceptors (Lipinski definition) is 4. The lowest BCUT2D eigenvalue weighted by atomic mass is 10.2. The van der Waals surface area contributed by atoms with Crippen molar-refractivity contribution in [3.05, 3.63) is 11.4 Å². The third-order valence-corrected chi connectivity index (χ3v) is 4.54. The highest BCUT2D eigenvalue weighted by atomic mass is 31.2. The summed E-state index contributed by atoms with van der Waals surface area (Å²) in [6, 6.07) is 0. The van der Waals surface area contributed by atoms with Crippen molar-refractivity contribution >= 4 is 7.60 Å². The highest BCUT2D eigenvalue weighted by Crippen LogP contribution is 2.58. The Morgan fingerprint density at radius 2 is 2.07 bits per heavy atom. The van der Waals surface area contributed by atoms with Gasteiger partial charge in [-0.15, -0.1) is 0 Å². The largest absolute Gasteiger partial charge is 0.373 e. The summed E-state index contributed by atoms with van der Waals surface area (Å²) < 4.78 is 28.3. The summed E-state index contributed by atoms with van der Waals surface area (Å²) in [4.78, 5) is 0. The second-order valence-corrected chi connectivity index (χ2v) is 5.29. The minimum atomic E-state index is -3.11. The molecule has 0 aromatic rings. The first-order valence-electron chi connectivity index (χ1n) is 5.35. The summed E-state index contributed by atoms with van der Waals surface area (Å²) in [6.45, 7) is 6.91. The van der Waals surface area contributed by atoms with Crippen LogP contribution >= 0.6 is 7.60 Å². The Kier molecular flexibility index (Phi) is 5.00. The van der Waals surface area contributed by atoms with E-state index in [4.69, 9.17) is 13.8 Å². The molecule has 1 aliphatic heterocycles. The van der Waals surface area contributed by atoms with Gasteiger partial charge in [0.05, 0.1) is 31.2 Å². The van der Waals surface area contributed by atoms with Crippen LogP contribution in [-0.2, 0) is 18.3 Å². The van der Waals surface area contributed by atoms with Crippen molar-refractivity contribution in [1.29, 1.82) is 0 Å². The molecule has 1 atom stereocenters. The van der Waals surface area contributed by atoms with Gasteiger partial charge in [-0.1, -0.05) is 6.08 Å². The maximum absolute atomic E-state index is 12.4. The molecule has 4 nitrogen and oxygen atoms in total. The summed E-state index contributed by atoms with van der Waals surface area (Å²) in [5, 5.41) is 0.664. The average molecular weight is 234 g/mol. The summed E-state index contributed by atoms with van der Waals surface area (Å²) >= 11 is 0. The molecule has 0 N–H and O–H groups in total. The van der Waals surface area contributed by atoms with Gasteiger partial charge in [0.25, 0.3) is 0 Å². The van der Waals surface area contributed by atoms with Crippen LogP contribution in [0.25, 0.3) is 0 Å². The smallest absolute Gasteiger partial charge is 0.359 e. The van der Waals surface area contributed by atoms with Gasteiger partial charge in [0.1, 0.15) is 0 Å². The van der Waals surface area contributed by atoms with Crippen LogP contribution in [0.15, 0.2) is 11.4 Å². The molecule has 0 radical (unpaired) electrons. The Bertz CT molecular complexity index is 265. The van der Waals surface area contributed by atoms with E-state index >= 15 is 0 Å². The summed E-state index contributed by atoms with van der Waals surface area (Å²) in [5.74, 6) is 0. The average Bonchev–Trinajstić information content (AvgIpc) is 2.19. The van der Waals surface area contributed by atoms with Crippen LogP contribution in [0.1, 0.15) is 27.2 Å². The van der Waals surface area contributed by atoms with Gasteiger partial charge in [-0.05, 0) is 27.2 Å². The fourth-order valence-corrected chi connectivity index (χ4v) is 3.49. The monoisotopic (exact) mass is 234 g/mol. The predicted octanol–water partition coefficient (Wildman–Crippen LogP) is 2.95. The van der Waals surface area contributed by atoms with Crippen LogP contribution in [-0.4, -0.2) is 25.9 Å². The Labute approximate surface area is 91.1 Å². The molecule has 1 rings (SSSR count). The molecule has 0 aliphatic carbocycles. The molecule has 1 aliphatic rings. The molecule has 0 bridgehead atoms. The van der Waals surface area contributed by atoms with E-state index in [0.717, 1.165) is 6.42 Å². The van der Waals surface area contributed by atoms with E-state index in [1.165, 1.54) is 0 Å². The lowest BCUT2D eigenvalue weighted by Crippen LogP contribution is -2.18. The van der Waals surface area contributed by atoms with Gasteiger partial charge >= 0.3 is 7.60 Å². The third kappa shape index (κ3) is 3.15. The quantitative estimate of drug-likeness (QED) is 0.686. The number of hydrogen-bond donors (Lipinski definition) is 0. The number of rotatable bonds is 5. The van der Waals surface area contributed by atoms with Crippen LogP contribution in [0.5, 0.6) is 0 Å². The maximum Gasteiger partial charge on any atom is 0.359 e. The molecule has 0 aromatic carbocycles. The molecule has 1 unspecified atom stereocenters. The first kappa shape index (κ1) is 12.9. The topological polar surface area (TPSA) is 44.8 Å². The van der Waals surface area contributed by atoms with Crippen molar-refractivity contribution in [2.45, 2.75) is 33.3 Å². The maximum atomic E-state index is 12.4. The lowest BCUT2D eigenvalue weighted by Gasteiger charge is -2.27. The molecule has 88 valence electrons. The van der Waals surface area contributed by atoms with Crippen LogP contribution < -0.4 is 0 Å².